The number of rotatable bonds is 6. The number of aliphatic carboxylic acids is 1. The van der Waals surface area contributed by atoms with Crippen molar-refractivity contribution < 1.29 is 14.7 Å². The molecule has 0 bridgehead atoms. The van der Waals surface area contributed by atoms with Gasteiger partial charge in [0.2, 0.25) is 5.91 Å². The van der Waals surface area contributed by atoms with Gasteiger partial charge in [0.05, 0.1) is 0 Å². The van der Waals surface area contributed by atoms with Gasteiger partial charge in [-0.1, -0.05) is 39.0 Å². The third-order valence-electron chi connectivity index (χ3n) is 4.47. The molecule has 1 rings (SSSR count). The molecule has 1 aliphatic rings. The van der Waals surface area contributed by atoms with Crippen LogP contribution in [0.3, 0.4) is 0 Å². The molecule has 0 radical (unpaired) electrons. The van der Waals surface area contributed by atoms with Crippen LogP contribution in [0.2, 0.25) is 0 Å². The van der Waals surface area contributed by atoms with Crippen molar-refractivity contribution in [3.8, 4) is 0 Å². The first kappa shape index (κ1) is 16.0. The predicted molar refractivity (Wildman–Crippen MR) is 74.8 cm³/mol. The summed E-state index contributed by atoms with van der Waals surface area (Å²) in [5.74, 6) is -0.322. The topological polar surface area (TPSA) is 57.6 Å². The smallest absolute Gasteiger partial charge is 0.326 e. The Hall–Kier alpha value is -1.06. The molecule has 0 spiro atoms. The van der Waals surface area contributed by atoms with Gasteiger partial charge >= 0.3 is 5.97 Å². The van der Waals surface area contributed by atoms with Crippen LogP contribution < -0.4 is 0 Å². The predicted octanol–water partition coefficient (Wildman–Crippen LogP) is 2.91. The van der Waals surface area contributed by atoms with Crippen molar-refractivity contribution in [2.24, 2.45) is 11.8 Å². The van der Waals surface area contributed by atoms with Crippen LogP contribution >= 0.6 is 0 Å². The van der Waals surface area contributed by atoms with Crippen LogP contribution in [-0.2, 0) is 9.59 Å². The number of nitrogens with zero attached hydrogens (tertiary/aromatic N) is 1. The molecule has 4 heteroatoms. The molecule has 0 saturated heterocycles. The molecule has 19 heavy (non-hydrogen) atoms. The monoisotopic (exact) mass is 269 g/mol. The maximum atomic E-state index is 12.4. The van der Waals surface area contributed by atoms with E-state index in [0.29, 0.717) is 5.92 Å². The Morgan fingerprint density at radius 1 is 1.26 bits per heavy atom. The fourth-order valence-corrected chi connectivity index (χ4v) is 2.91. The molecule has 4 nitrogen and oxygen atoms in total. The van der Waals surface area contributed by atoms with Gasteiger partial charge in [-0.3, -0.25) is 4.79 Å². The summed E-state index contributed by atoms with van der Waals surface area (Å²) in [6, 6.07) is -0.743. The second-order valence-corrected chi connectivity index (χ2v) is 5.81. The SMILES string of the molecule is CCC(CC1CCCCC1)C(=O)N(C)C(C)C(=O)O. The zero-order valence-electron chi connectivity index (χ0n) is 12.4. The second kappa shape index (κ2) is 7.51. The molecular weight excluding hydrogens is 242 g/mol. The molecular formula is C15H27NO3. The largest absolute Gasteiger partial charge is 0.480 e. The van der Waals surface area contributed by atoms with Crippen molar-refractivity contribution >= 4 is 11.9 Å². The Morgan fingerprint density at radius 2 is 1.84 bits per heavy atom. The number of carbonyl (C=O) groups is 2. The van der Waals surface area contributed by atoms with Crippen molar-refractivity contribution in [1.82, 2.24) is 4.90 Å². The number of likely N-dealkylation sites (N-methyl/N-ethyl adjacent to an activating group) is 1. The summed E-state index contributed by atoms with van der Waals surface area (Å²) in [6.45, 7) is 3.58. The molecule has 0 aromatic carbocycles. The van der Waals surface area contributed by atoms with Crippen LogP contribution in [0, 0.1) is 11.8 Å². The summed E-state index contributed by atoms with van der Waals surface area (Å²) in [6.07, 6.45) is 8.03. The lowest BCUT2D eigenvalue weighted by Crippen LogP contribution is -2.43. The number of hydrogen-bond donors (Lipinski definition) is 1. The summed E-state index contributed by atoms with van der Waals surface area (Å²) < 4.78 is 0. The number of carboxylic acids is 1. The number of hydrogen-bond acceptors (Lipinski definition) is 2. The average Bonchev–Trinajstić information content (AvgIpc) is 2.43. The zero-order valence-corrected chi connectivity index (χ0v) is 12.4. The van der Waals surface area contributed by atoms with Crippen LogP contribution in [0.25, 0.3) is 0 Å². The van der Waals surface area contributed by atoms with Gasteiger partial charge in [-0.2, -0.15) is 0 Å². The molecule has 0 aromatic rings. The molecule has 1 amide bonds. The molecule has 2 unspecified atom stereocenters. The maximum Gasteiger partial charge on any atom is 0.326 e. The van der Waals surface area contributed by atoms with E-state index in [0.717, 1.165) is 12.8 Å². The van der Waals surface area contributed by atoms with E-state index in [2.05, 4.69) is 0 Å². The summed E-state index contributed by atoms with van der Waals surface area (Å²) >= 11 is 0. The van der Waals surface area contributed by atoms with Crippen molar-refractivity contribution in [3.05, 3.63) is 0 Å². The molecule has 1 saturated carbocycles. The van der Waals surface area contributed by atoms with E-state index < -0.39 is 12.0 Å². The highest BCUT2D eigenvalue weighted by atomic mass is 16.4. The van der Waals surface area contributed by atoms with Gasteiger partial charge in [-0.05, 0) is 25.7 Å². The second-order valence-electron chi connectivity index (χ2n) is 5.81. The van der Waals surface area contributed by atoms with E-state index in [9.17, 15) is 9.59 Å². The zero-order chi connectivity index (χ0) is 14.4. The Morgan fingerprint density at radius 3 is 2.32 bits per heavy atom. The minimum atomic E-state index is -0.941. The molecule has 0 aromatic heterocycles. The molecule has 1 fully saturated rings. The van der Waals surface area contributed by atoms with E-state index in [-0.39, 0.29) is 11.8 Å². The normalized spacial score (nSPS) is 19.7. The van der Waals surface area contributed by atoms with Crippen LogP contribution in [-0.4, -0.2) is 35.0 Å². The highest BCUT2D eigenvalue weighted by Gasteiger charge is 2.29. The lowest BCUT2D eigenvalue weighted by molar-refractivity contribution is -0.150. The molecule has 0 aliphatic heterocycles. The lowest BCUT2D eigenvalue weighted by Gasteiger charge is -2.29. The Kier molecular flexibility index (Phi) is 6.32. The van der Waals surface area contributed by atoms with Crippen molar-refractivity contribution in [1.29, 1.82) is 0 Å². The van der Waals surface area contributed by atoms with E-state index in [4.69, 9.17) is 5.11 Å². The van der Waals surface area contributed by atoms with Gasteiger partial charge < -0.3 is 10.0 Å². The molecule has 0 heterocycles. The number of carbonyl (C=O) groups excluding carboxylic acids is 1. The molecule has 1 N–H and O–H groups in total. The Labute approximate surface area is 116 Å². The first-order valence-corrected chi connectivity index (χ1v) is 7.46. The number of amides is 1. The molecule has 1 aliphatic carbocycles. The fourth-order valence-electron chi connectivity index (χ4n) is 2.91. The van der Waals surface area contributed by atoms with Crippen LogP contribution in [0.5, 0.6) is 0 Å². The van der Waals surface area contributed by atoms with Crippen LogP contribution in [0.4, 0.5) is 0 Å². The Bertz CT molecular complexity index is 311. The third-order valence-corrected chi connectivity index (χ3v) is 4.47. The summed E-state index contributed by atoms with van der Waals surface area (Å²) in [4.78, 5) is 24.7. The van der Waals surface area contributed by atoms with Gasteiger partial charge in [0.1, 0.15) is 6.04 Å². The van der Waals surface area contributed by atoms with Crippen molar-refractivity contribution in [3.63, 3.8) is 0 Å². The third kappa shape index (κ3) is 4.51. The first-order chi connectivity index (χ1) is 8.97. The van der Waals surface area contributed by atoms with Crippen LogP contribution in [0.1, 0.15) is 58.8 Å². The highest BCUT2D eigenvalue weighted by molar-refractivity contribution is 5.84. The Balaban J connectivity index is 2.57. The van der Waals surface area contributed by atoms with Gasteiger partial charge in [0.15, 0.2) is 0 Å². The maximum absolute atomic E-state index is 12.4. The lowest BCUT2D eigenvalue weighted by atomic mass is 9.81. The fraction of sp³-hybridized carbons (Fsp3) is 0.867. The summed E-state index contributed by atoms with van der Waals surface area (Å²) in [5, 5.41) is 8.98. The minimum Gasteiger partial charge on any atom is -0.480 e. The van der Waals surface area contributed by atoms with Gasteiger partial charge in [0.25, 0.3) is 0 Å². The van der Waals surface area contributed by atoms with E-state index in [1.807, 2.05) is 6.92 Å². The molecule has 110 valence electrons. The summed E-state index contributed by atoms with van der Waals surface area (Å²) in [7, 11) is 1.60. The average molecular weight is 269 g/mol. The van der Waals surface area contributed by atoms with Crippen molar-refractivity contribution in [2.75, 3.05) is 7.05 Å². The standard InChI is InChI=1S/C15H27NO3/c1-4-13(10-12-8-6-5-7-9-12)14(17)16(3)11(2)15(18)19/h11-13H,4-10H2,1-3H3,(H,18,19). The van der Waals surface area contributed by atoms with Gasteiger partial charge in [-0.15, -0.1) is 0 Å². The van der Waals surface area contributed by atoms with E-state index in [1.165, 1.54) is 37.0 Å². The van der Waals surface area contributed by atoms with Gasteiger partial charge in [-0.25, -0.2) is 4.79 Å². The minimum absolute atomic E-state index is 0.0111. The van der Waals surface area contributed by atoms with Crippen LogP contribution in [0.15, 0.2) is 0 Å². The van der Waals surface area contributed by atoms with E-state index >= 15 is 0 Å². The molecule has 2 atom stereocenters. The van der Waals surface area contributed by atoms with E-state index in [1.54, 1.807) is 14.0 Å². The van der Waals surface area contributed by atoms with Crippen molar-refractivity contribution in [2.45, 2.75) is 64.8 Å². The number of carboxylic acid groups (broad SMARTS) is 1. The quantitative estimate of drug-likeness (QED) is 0.806. The summed E-state index contributed by atoms with van der Waals surface area (Å²) in [5.41, 5.74) is 0. The highest BCUT2D eigenvalue weighted by Crippen LogP contribution is 2.30. The van der Waals surface area contributed by atoms with Gasteiger partial charge in [0, 0.05) is 13.0 Å². The first-order valence-electron chi connectivity index (χ1n) is 7.46.